The lowest BCUT2D eigenvalue weighted by molar-refractivity contribution is -0.133. The molecule has 0 aliphatic heterocycles. The SMILES string of the molecule is COC1=C(C(C)C)C(=O)C(=O)C2=C1C(C=O)=C1C(C)(C)CCCC21C. The molecule has 0 saturated heterocycles. The number of rotatable bonds is 3. The number of aldehydes is 1. The Labute approximate surface area is 149 Å². The number of allylic oxidation sites excluding steroid dienone is 4. The fourth-order valence-electron chi connectivity index (χ4n) is 5.26. The molecule has 1 fully saturated rings. The van der Waals surface area contributed by atoms with Crippen LogP contribution in [0.25, 0.3) is 0 Å². The third-order valence-corrected chi connectivity index (χ3v) is 6.10. The van der Waals surface area contributed by atoms with Gasteiger partial charge in [-0.15, -0.1) is 0 Å². The smallest absolute Gasteiger partial charge is 0.233 e. The Morgan fingerprint density at radius 2 is 1.72 bits per heavy atom. The average molecular weight is 342 g/mol. The standard InChI is InChI=1S/C21H26O4/c1-11(2)13-16(23)17(24)15-14(18(13)25-6)12(10-22)19-20(3,4)8-7-9-21(15,19)5/h10-11H,7-9H2,1-6H3. The minimum Gasteiger partial charge on any atom is -0.496 e. The van der Waals surface area contributed by atoms with Crippen molar-refractivity contribution < 1.29 is 19.1 Å². The monoisotopic (exact) mass is 342 g/mol. The molecule has 1 atom stereocenters. The second kappa shape index (κ2) is 5.52. The highest BCUT2D eigenvalue weighted by Crippen LogP contribution is 2.62. The van der Waals surface area contributed by atoms with Crippen molar-refractivity contribution in [2.75, 3.05) is 7.11 Å². The van der Waals surface area contributed by atoms with E-state index in [0.717, 1.165) is 31.1 Å². The fraction of sp³-hybridized carbons (Fsp3) is 0.571. The Hall–Kier alpha value is -1.97. The summed E-state index contributed by atoms with van der Waals surface area (Å²) in [6.45, 7) is 9.98. The van der Waals surface area contributed by atoms with Crippen LogP contribution in [-0.2, 0) is 19.1 Å². The predicted molar refractivity (Wildman–Crippen MR) is 94.7 cm³/mol. The Morgan fingerprint density at radius 3 is 2.24 bits per heavy atom. The molecule has 0 N–H and O–H groups in total. The highest BCUT2D eigenvalue weighted by Gasteiger charge is 2.56. The summed E-state index contributed by atoms with van der Waals surface area (Å²) >= 11 is 0. The molecule has 0 radical (unpaired) electrons. The summed E-state index contributed by atoms with van der Waals surface area (Å²) in [5.74, 6) is -0.687. The molecule has 0 aromatic rings. The molecule has 0 spiro atoms. The first kappa shape index (κ1) is 17.8. The van der Waals surface area contributed by atoms with Gasteiger partial charge < -0.3 is 4.74 Å². The number of ketones is 2. The van der Waals surface area contributed by atoms with E-state index in [0.29, 0.717) is 28.1 Å². The van der Waals surface area contributed by atoms with Crippen LogP contribution in [0.5, 0.6) is 0 Å². The first-order valence-electron chi connectivity index (χ1n) is 8.95. The summed E-state index contributed by atoms with van der Waals surface area (Å²) in [5, 5.41) is 0. The van der Waals surface area contributed by atoms with Gasteiger partial charge in [0, 0.05) is 27.7 Å². The molecule has 4 heteroatoms. The molecule has 0 aromatic carbocycles. The van der Waals surface area contributed by atoms with E-state index >= 15 is 0 Å². The molecule has 1 saturated carbocycles. The van der Waals surface area contributed by atoms with Crippen LogP contribution >= 0.6 is 0 Å². The normalized spacial score (nSPS) is 28.6. The summed E-state index contributed by atoms with van der Waals surface area (Å²) in [5.41, 5.74) is 2.21. The van der Waals surface area contributed by atoms with Gasteiger partial charge in [0.2, 0.25) is 11.6 Å². The minimum atomic E-state index is -0.563. The van der Waals surface area contributed by atoms with Crippen LogP contribution < -0.4 is 0 Å². The topological polar surface area (TPSA) is 60.4 Å². The second-order valence-electron chi connectivity index (χ2n) is 8.49. The summed E-state index contributed by atoms with van der Waals surface area (Å²) in [7, 11) is 1.51. The molecule has 1 unspecified atom stereocenters. The van der Waals surface area contributed by atoms with Gasteiger partial charge in [-0.1, -0.05) is 41.0 Å². The molecule has 0 amide bonds. The number of ether oxygens (including phenoxy) is 1. The van der Waals surface area contributed by atoms with Gasteiger partial charge in [0.05, 0.1) is 7.11 Å². The Bertz CT molecular complexity index is 789. The maximum Gasteiger partial charge on any atom is 0.233 e. The number of fused-ring (bicyclic) bond motifs is 2. The maximum atomic E-state index is 13.1. The summed E-state index contributed by atoms with van der Waals surface area (Å²) in [6.07, 6.45) is 3.54. The molecular weight excluding hydrogens is 316 g/mol. The van der Waals surface area contributed by atoms with Gasteiger partial charge in [-0.05, 0) is 29.7 Å². The van der Waals surface area contributed by atoms with Gasteiger partial charge in [0.15, 0.2) is 6.29 Å². The fourth-order valence-corrected chi connectivity index (χ4v) is 5.26. The van der Waals surface area contributed by atoms with E-state index in [1.54, 1.807) is 0 Å². The maximum absolute atomic E-state index is 13.1. The zero-order valence-corrected chi connectivity index (χ0v) is 15.9. The van der Waals surface area contributed by atoms with E-state index in [1.807, 2.05) is 20.8 Å². The molecule has 4 nitrogen and oxygen atoms in total. The molecule has 3 aliphatic carbocycles. The number of Topliss-reactive ketones (excluding diaryl/α,β-unsaturated/α-hetero) is 2. The van der Waals surface area contributed by atoms with E-state index in [1.165, 1.54) is 7.11 Å². The molecule has 3 aliphatic rings. The van der Waals surface area contributed by atoms with Crippen molar-refractivity contribution in [3.8, 4) is 0 Å². The molecule has 3 rings (SSSR count). The van der Waals surface area contributed by atoms with Crippen molar-refractivity contribution in [3.63, 3.8) is 0 Å². The number of methoxy groups -OCH3 is 1. The van der Waals surface area contributed by atoms with Crippen LogP contribution in [0.3, 0.4) is 0 Å². The van der Waals surface area contributed by atoms with Crippen LogP contribution in [-0.4, -0.2) is 25.0 Å². The molecular formula is C21H26O4. The van der Waals surface area contributed by atoms with Gasteiger partial charge in [0.1, 0.15) is 5.76 Å². The quantitative estimate of drug-likeness (QED) is 0.445. The van der Waals surface area contributed by atoms with Crippen molar-refractivity contribution in [2.45, 2.75) is 53.9 Å². The molecule has 0 heterocycles. The van der Waals surface area contributed by atoms with Crippen molar-refractivity contribution in [1.29, 1.82) is 0 Å². The average Bonchev–Trinajstić information content (AvgIpc) is 2.80. The highest BCUT2D eigenvalue weighted by atomic mass is 16.5. The summed E-state index contributed by atoms with van der Waals surface area (Å²) in [4.78, 5) is 38.0. The number of hydrogen-bond acceptors (Lipinski definition) is 4. The lowest BCUT2D eigenvalue weighted by Gasteiger charge is -2.45. The van der Waals surface area contributed by atoms with Crippen molar-refractivity contribution in [1.82, 2.24) is 0 Å². The highest BCUT2D eigenvalue weighted by molar-refractivity contribution is 6.51. The van der Waals surface area contributed by atoms with E-state index in [4.69, 9.17) is 4.74 Å². The van der Waals surface area contributed by atoms with E-state index in [2.05, 4.69) is 13.8 Å². The molecule has 0 bridgehead atoms. The van der Waals surface area contributed by atoms with E-state index in [-0.39, 0.29) is 11.3 Å². The van der Waals surface area contributed by atoms with Gasteiger partial charge in [-0.3, -0.25) is 14.4 Å². The van der Waals surface area contributed by atoms with Crippen molar-refractivity contribution in [3.05, 3.63) is 33.6 Å². The first-order valence-corrected chi connectivity index (χ1v) is 8.95. The second-order valence-corrected chi connectivity index (χ2v) is 8.49. The van der Waals surface area contributed by atoms with Crippen LogP contribution in [0.1, 0.15) is 53.9 Å². The molecule has 25 heavy (non-hydrogen) atoms. The number of carbonyl (C=O) groups excluding carboxylic acids is 3. The van der Waals surface area contributed by atoms with Gasteiger partial charge in [-0.25, -0.2) is 0 Å². The number of hydrogen-bond donors (Lipinski definition) is 0. The van der Waals surface area contributed by atoms with Gasteiger partial charge in [-0.2, -0.15) is 0 Å². The Morgan fingerprint density at radius 1 is 1.08 bits per heavy atom. The van der Waals surface area contributed by atoms with Crippen LogP contribution in [0, 0.1) is 16.7 Å². The van der Waals surface area contributed by atoms with Crippen LogP contribution in [0.2, 0.25) is 0 Å². The third-order valence-electron chi connectivity index (χ3n) is 6.10. The van der Waals surface area contributed by atoms with Crippen LogP contribution in [0.15, 0.2) is 33.6 Å². The van der Waals surface area contributed by atoms with E-state index < -0.39 is 17.0 Å². The van der Waals surface area contributed by atoms with Gasteiger partial charge in [0.25, 0.3) is 0 Å². The minimum absolute atomic E-state index is 0.151. The largest absolute Gasteiger partial charge is 0.496 e. The van der Waals surface area contributed by atoms with Crippen molar-refractivity contribution in [2.24, 2.45) is 16.7 Å². The predicted octanol–water partition coefficient (Wildman–Crippen LogP) is 3.72. The Balaban J connectivity index is 2.42. The van der Waals surface area contributed by atoms with E-state index in [9.17, 15) is 14.4 Å². The zero-order chi connectivity index (χ0) is 18.7. The summed E-state index contributed by atoms with van der Waals surface area (Å²) < 4.78 is 5.60. The van der Waals surface area contributed by atoms with Crippen LogP contribution in [0.4, 0.5) is 0 Å². The van der Waals surface area contributed by atoms with Crippen molar-refractivity contribution >= 4 is 17.9 Å². The Kier molecular flexibility index (Phi) is 3.94. The molecule has 134 valence electrons. The molecule has 0 aromatic heterocycles. The third kappa shape index (κ3) is 2.16. The number of carbonyl (C=O) groups is 3. The lowest BCUT2D eigenvalue weighted by Crippen LogP contribution is -2.39. The van der Waals surface area contributed by atoms with Gasteiger partial charge >= 0.3 is 0 Å². The lowest BCUT2D eigenvalue weighted by atomic mass is 9.58. The zero-order valence-electron chi connectivity index (χ0n) is 15.9. The summed E-state index contributed by atoms with van der Waals surface area (Å²) in [6, 6.07) is 0. The first-order chi connectivity index (χ1) is 11.6.